The van der Waals surface area contributed by atoms with E-state index in [0.717, 1.165) is 17.1 Å². The van der Waals surface area contributed by atoms with Crippen LogP contribution in [0, 0.1) is 0 Å². The average molecular weight is 719 g/mol. The predicted molar refractivity (Wildman–Crippen MR) is 237 cm³/mol. The number of aromatic nitrogens is 1. The highest BCUT2D eigenvalue weighted by molar-refractivity contribution is 7.26. The lowest BCUT2D eigenvalue weighted by Gasteiger charge is -2.27. The third kappa shape index (κ3) is 5.16. The summed E-state index contributed by atoms with van der Waals surface area (Å²) >= 11 is 1.88. The van der Waals surface area contributed by atoms with Crippen LogP contribution in [0.1, 0.15) is 0 Å². The minimum absolute atomic E-state index is 1.12. The molecule has 0 fully saturated rings. The van der Waals surface area contributed by atoms with E-state index in [1.54, 1.807) is 0 Å². The van der Waals surface area contributed by atoms with Crippen LogP contribution in [0.2, 0.25) is 0 Å². The molecule has 2 heterocycles. The van der Waals surface area contributed by atoms with Gasteiger partial charge in [-0.3, -0.25) is 0 Å². The van der Waals surface area contributed by atoms with Crippen LogP contribution in [-0.2, 0) is 0 Å². The van der Waals surface area contributed by atoms with Crippen molar-refractivity contribution in [3.8, 4) is 27.9 Å². The Morgan fingerprint density at radius 3 is 1.80 bits per heavy atom. The molecule has 0 bridgehead atoms. The van der Waals surface area contributed by atoms with Crippen LogP contribution >= 0.6 is 11.3 Å². The van der Waals surface area contributed by atoms with Crippen molar-refractivity contribution in [1.82, 2.24) is 4.57 Å². The highest BCUT2D eigenvalue weighted by atomic mass is 32.1. The van der Waals surface area contributed by atoms with E-state index in [2.05, 4.69) is 216 Å². The fourth-order valence-electron chi connectivity index (χ4n) is 8.51. The average Bonchev–Trinajstić information content (AvgIpc) is 3.81. The SMILES string of the molecule is c1ccc(N(c2cccc(-c3cccc4ccccc34)c2)c2ccc(-c3ccc(-n4c5ccccc5c5ccccc54)cc3)c3sc4ccccc4c23)cc1. The Hall–Kier alpha value is -6.94. The number of anilines is 3. The van der Waals surface area contributed by atoms with Gasteiger partial charge in [-0.25, -0.2) is 0 Å². The van der Waals surface area contributed by atoms with Gasteiger partial charge in [-0.15, -0.1) is 11.3 Å². The molecule has 0 N–H and O–H groups in total. The van der Waals surface area contributed by atoms with Gasteiger partial charge >= 0.3 is 0 Å². The van der Waals surface area contributed by atoms with Crippen molar-refractivity contribution >= 4 is 81.1 Å². The zero-order chi connectivity index (χ0) is 36.3. The maximum Gasteiger partial charge on any atom is 0.0555 e. The molecule has 11 aromatic rings. The third-order valence-corrected chi connectivity index (χ3v) is 12.2. The van der Waals surface area contributed by atoms with Crippen LogP contribution in [0.4, 0.5) is 17.1 Å². The molecule has 3 heteroatoms. The summed E-state index contributed by atoms with van der Waals surface area (Å²) in [5, 5.41) is 7.59. The molecule has 0 atom stereocenters. The molecule has 2 nitrogen and oxygen atoms in total. The van der Waals surface area contributed by atoms with Crippen LogP contribution in [0.3, 0.4) is 0 Å². The molecule has 9 aromatic carbocycles. The molecule has 0 amide bonds. The van der Waals surface area contributed by atoms with Crippen molar-refractivity contribution in [1.29, 1.82) is 0 Å². The zero-order valence-corrected chi connectivity index (χ0v) is 30.7. The summed E-state index contributed by atoms with van der Waals surface area (Å²) in [5.74, 6) is 0. The molecule has 0 aliphatic rings. The van der Waals surface area contributed by atoms with Crippen molar-refractivity contribution in [2.45, 2.75) is 0 Å². The number of thiophene rings is 1. The quantitative estimate of drug-likeness (QED) is 0.166. The van der Waals surface area contributed by atoms with Crippen LogP contribution in [-0.4, -0.2) is 4.57 Å². The van der Waals surface area contributed by atoms with Gasteiger partial charge in [0.25, 0.3) is 0 Å². The van der Waals surface area contributed by atoms with Crippen molar-refractivity contribution in [2.75, 3.05) is 4.90 Å². The molecule has 0 unspecified atom stereocenters. The minimum atomic E-state index is 1.12. The van der Waals surface area contributed by atoms with Gasteiger partial charge < -0.3 is 9.47 Å². The predicted octanol–water partition coefficient (Wildman–Crippen LogP) is 15.1. The monoisotopic (exact) mass is 718 g/mol. The van der Waals surface area contributed by atoms with Crippen molar-refractivity contribution in [3.63, 3.8) is 0 Å². The van der Waals surface area contributed by atoms with E-state index in [0.29, 0.717) is 0 Å². The Balaban J connectivity index is 1.09. The van der Waals surface area contributed by atoms with E-state index in [4.69, 9.17) is 0 Å². The summed E-state index contributed by atoms with van der Waals surface area (Å²) in [6.07, 6.45) is 0. The summed E-state index contributed by atoms with van der Waals surface area (Å²) in [7, 11) is 0. The smallest absolute Gasteiger partial charge is 0.0555 e. The Labute approximate surface area is 323 Å². The molecular formula is C52H34N2S. The number of hydrogen-bond donors (Lipinski definition) is 0. The van der Waals surface area contributed by atoms with Gasteiger partial charge in [-0.2, -0.15) is 0 Å². The Bertz CT molecular complexity index is 3150. The van der Waals surface area contributed by atoms with Gasteiger partial charge in [0.2, 0.25) is 0 Å². The van der Waals surface area contributed by atoms with Gasteiger partial charge in [0, 0.05) is 48.0 Å². The first-order valence-electron chi connectivity index (χ1n) is 18.8. The van der Waals surface area contributed by atoms with E-state index in [1.807, 2.05) is 11.3 Å². The molecule has 0 aliphatic carbocycles. The van der Waals surface area contributed by atoms with Crippen LogP contribution in [0.25, 0.3) is 80.7 Å². The summed E-state index contributed by atoms with van der Waals surface area (Å²) in [6, 6.07) is 75.1. The number of para-hydroxylation sites is 3. The number of nitrogens with zero attached hydrogens (tertiary/aromatic N) is 2. The molecule has 0 radical (unpaired) electrons. The van der Waals surface area contributed by atoms with Gasteiger partial charge in [0.15, 0.2) is 0 Å². The first-order valence-corrected chi connectivity index (χ1v) is 19.6. The lowest BCUT2D eigenvalue weighted by Crippen LogP contribution is -2.10. The topological polar surface area (TPSA) is 8.17 Å². The fourth-order valence-corrected chi connectivity index (χ4v) is 9.77. The highest BCUT2D eigenvalue weighted by Crippen LogP contribution is 2.49. The van der Waals surface area contributed by atoms with Crippen molar-refractivity contribution < 1.29 is 0 Å². The van der Waals surface area contributed by atoms with Gasteiger partial charge in [0.05, 0.1) is 16.7 Å². The van der Waals surface area contributed by atoms with E-state index in [-0.39, 0.29) is 0 Å². The lowest BCUT2D eigenvalue weighted by atomic mass is 9.97. The van der Waals surface area contributed by atoms with Crippen molar-refractivity contribution in [3.05, 3.63) is 206 Å². The zero-order valence-electron chi connectivity index (χ0n) is 29.9. The second-order valence-corrected chi connectivity index (χ2v) is 15.2. The number of rotatable bonds is 6. The minimum Gasteiger partial charge on any atom is -0.310 e. The molecule has 0 spiro atoms. The Morgan fingerprint density at radius 2 is 1.02 bits per heavy atom. The second-order valence-electron chi connectivity index (χ2n) is 14.1. The molecule has 0 saturated heterocycles. The molecule has 2 aromatic heterocycles. The lowest BCUT2D eigenvalue weighted by molar-refractivity contribution is 1.18. The largest absolute Gasteiger partial charge is 0.310 e. The molecule has 11 rings (SSSR count). The maximum atomic E-state index is 2.44. The Morgan fingerprint density at radius 1 is 0.400 bits per heavy atom. The fraction of sp³-hybridized carbons (Fsp3) is 0. The second kappa shape index (κ2) is 12.9. The first kappa shape index (κ1) is 31.6. The summed E-state index contributed by atoms with van der Waals surface area (Å²) in [6.45, 7) is 0. The normalized spacial score (nSPS) is 11.6. The number of hydrogen-bond acceptors (Lipinski definition) is 2. The van der Waals surface area contributed by atoms with Crippen LogP contribution in [0.15, 0.2) is 206 Å². The van der Waals surface area contributed by atoms with Crippen LogP contribution in [0.5, 0.6) is 0 Å². The molecule has 258 valence electrons. The van der Waals surface area contributed by atoms with Gasteiger partial charge in [0.1, 0.15) is 0 Å². The maximum absolute atomic E-state index is 2.44. The molecule has 0 saturated carbocycles. The number of fused-ring (bicyclic) bond motifs is 7. The standard InChI is InChI=1S/C52H34N2S/c1-2-17-38(18-3-1)53(40-19-12-16-37(34-40)42-24-13-15-35-14-4-5-20-41(35)42)49-33-32-43(52-51(49)46-23-8-11-27-50(46)55-52)36-28-30-39(31-29-36)54-47-25-9-6-21-44(47)45-22-7-10-26-48(45)54/h1-34H. The van der Waals surface area contributed by atoms with E-state index >= 15 is 0 Å². The van der Waals surface area contributed by atoms with E-state index < -0.39 is 0 Å². The summed E-state index contributed by atoms with van der Waals surface area (Å²) in [4.78, 5) is 2.44. The van der Waals surface area contributed by atoms with Crippen molar-refractivity contribution in [2.24, 2.45) is 0 Å². The molecule has 55 heavy (non-hydrogen) atoms. The summed E-state index contributed by atoms with van der Waals surface area (Å²) < 4.78 is 4.96. The molecule has 0 aliphatic heterocycles. The van der Waals surface area contributed by atoms with Gasteiger partial charge in [-0.1, -0.05) is 146 Å². The molecular weight excluding hydrogens is 685 g/mol. The number of benzene rings is 9. The Kier molecular flexibility index (Phi) is 7.39. The van der Waals surface area contributed by atoms with E-state index in [9.17, 15) is 0 Å². The van der Waals surface area contributed by atoms with Gasteiger partial charge in [-0.05, 0) is 93.7 Å². The third-order valence-electron chi connectivity index (χ3n) is 11.0. The first-order chi connectivity index (χ1) is 27.3. The summed E-state index contributed by atoms with van der Waals surface area (Å²) in [5.41, 5.74) is 11.9. The van der Waals surface area contributed by atoms with Crippen LogP contribution < -0.4 is 4.90 Å². The highest BCUT2D eigenvalue weighted by Gasteiger charge is 2.22. The van der Waals surface area contributed by atoms with E-state index in [1.165, 1.54) is 80.7 Å².